The molecule has 0 spiro atoms. The number of nitrogens with zero attached hydrogens (tertiary/aromatic N) is 2. The molecule has 9 heteroatoms. The van der Waals surface area contributed by atoms with Gasteiger partial charge < -0.3 is 10.6 Å². The first-order chi connectivity index (χ1) is 12.9. The number of carbonyl (C=O) groups excluding carboxylic acids is 1. The van der Waals surface area contributed by atoms with Gasteiger partial charge in [0.2, 0.25) is 10.0 Å². The molecule has 1 amide bonds. The van der Waals surface area contributed by atoms with Crippen LogP contribution in [0.25, 0.3) is 0 Å². The lowest BCUT2D eigenvalue weighted by Gasteiger charge is -2.11. The third-order valence-corrected chi connectivity index (χ3v) is 5.48. The van der Waals surface area contributed by atoms with Gasteiger partial charge in [-0.05, 0) is 37.0 Å². The van der Waals surface area contributed by atoms with Gasteiger partial charge in [0.1, 0.15) is 11.5 Å². The average molecular weight is 389 g/mol. The van der Waals surface area contributed by atoms with Gasteiger partial charge in [0.05, 0.1) is 17.3 Å². The molecule has 1 saturated carbocycles. The maximum Gasteiger partial charge on any atom is 0.271 e. The molecule has 1 aliphatic carbocycles. The predicted octanol–water partition coefficient (Wildman–Crippen LogP) is 1.45. The lowest BCUT2D eigenvalue weighted by atomic mass is 10.1. The van der Waals surface area contributed by atoms with E-state index in [1.54, 1.807) is 12.1 Å². The van der Waals surface area contributed by atoms with Crippen molar-refractivity contribution in [3.05, 3.63) is 47.9 Å². The summed E-state index contributed by atoms with van der Waals surface area (Å²) in [5, 5.41) is 11.2. The zero-order valence-electron chi connectivity index (χ0n) is 14.9. The fourth-order valence-electron chi connectivity index (χ4n) is 3.05. The van der Waals surface area contributed by atoms with Crippen molar-refractivity contribution < 1.29 is 13.2 Å². The summed E-state index contributed by atoms with van der Waals surface area (Å²) in [6.07, 6.45) is 8.04. The molecule has 144 valence electrons. The first kappa shape index (κ1) is 19.2. The highest BCUT2D eigenvalue weighted by Crippen LogP contribution is 2.18. The maximum atomic E-state index is 12.1. The highest BCUT2D eigenvalue weighted by Gasteiger charge is 2.18. The van der Waals surface area contributed by atoms with E-state index < -0.39 is 10.0 Å². The van der Waals surface area contributed by atoms with Crippen LogP contribution in [0.3, 0.4) is 0 Å². The highest BCUT2D eigenvalue weighted by molar-refractivity contribution is 7.89. The van der Waals surface area contributed by atoms with Crippen molar-refractivity contribution in [2.24, 2.45) is 5.14 Å². The van der Waals surface area contributed by atoms with Crippen molar-refractivity contribution >= 4 is 21.7 Å². The first-order valence-electron chi connectivity index (χ1n) is 8.90. The van der Waals surface area contributed by atoms with Gasteiger partial charge in [0.15, 0.2) is 0 Å². The van der Waals surface area contributed by atoms with Crippen LogP contribution in [-0.4, -0.2) is 36.9 Å². The minimum absolute atomic E-state index is 0.0940. The Morgan fingerprint density at radius 2 is 1.81 bits per heavy atom. The SMILES string of the molecule is NS(=O)(=O)c1ccc(CCNc2cnc(C(=O)NC3CCCC3)cn2)cc1. The van der Waals surface area contributed by atoms with E-state index >= 15 is 0 Å². The van der Waals surface area contributed by atoms with Crippen molar-refractivity contribution in [1.29, 1.82) is 0 Å². The van der Waals surface area contributed by atoms with E-state index in [-0.39, 0.29) is 16.8 Å². The zero-order valence-corrected chi connectivity index (χ0v) is 15.7. The summed E-state index contributed by atoms with van der Waals surface area (Å²) in [6, 6.07) is 6.68. The van der Waals surface area contributed by atoms with Gasteiger partial charge in [-0.2, -0.15) is 0 Å². The van der Waals surface area contributed by atoms with Crippen molar-refractivity contribution in [3.8, 4) is 0 Å². The topological polar surface area (TPSA) is 127 Å². The number of nitrogens with two attached hydrogens (primary N) is 1. The van der Waals surface area contributed by atoms with Crippen LogP contribution in [0.15, 0.2) is 41.6 Å². The smallest absolute Gasteiger partial charge is 0.271 e. The van der Waals surface area contributed by atoms with Crippen LogP contribution in [-0.2, 0) is 16.4 Å². The Balaban J connectivity index is 1.47. The van der Waals surface area contributed by atoms with Crippen LogP contribution in [0.4, 0.5) is 5.82 Å². The Hall–Kier alpha value is -2.52. The molecule has 4 N–H and O–H groups in total. The number of sulfonamides is 1. The lowest BCUT2D eigenvalue weighted by molar-refractivity contribution is 0.0932. The fourth-order valence-corrected chi connectivity index (χ4v) is 3.56. The van der Waals surface area contributed by atoms with Crippen LogP contribution in [0.1, 0.15) is 41.7 Å². The molecule has 1 aliphatic rings. The molecule has 8 nitrogen and oxygen atoms in total. The largest absolute Gasteiger partial charge is 0.368 e. The number of amides is 1. The summed E-state index contributed by atoms with van der Waals surface area (Å²) >= 11 is 0. The number of aromatic nitrogens is 2. The average Bonchev–Trinajstić information content (AvgIpc) is 3.15. The van der Waals surface area contributed by atoms with Crippen LogP contribution < -0.4 is 15.8 Å². The molecule has 1 aromatic carbocycles. The predicted molar refractivity (Wildman–Crippen MR) is 102 cm³/mol. The Kier molecular flexibility index (Phi) is 6.02. The van der Waals surface area contributed by atoms with Gasteiger partial charge in [-0.1, -0.05) is 25.0 Å². The minimum Gasteiger partial charge on any atom is -0.368 e. The van der Waals surface area contributed by atoms with E-state index in [1.807, 2.05) is 0 Å². The third kappa shape index (κ3) is 5.48. The summed E-state index contributed by atoms with van der Waals surface area (Å²) in [7, 11) is -3.67. The highest BCUT2D eigenvalue weighted by atomic mass is 32.2. The van der Waals surface area contributed by atoms with E-state index in [2.05, 4.69) is 20.6 Å². The van der Waals surface area contributed by atoms with Crippen LogP contribution >= 0.6 is 0 Å². The quantitative estimate of drug-likeness (QED) is 0.658. The molecule has 0 aliphatic heterocycles. The molecule has 27 heavy (non-hydrogen) atoms. The Morgan fingerprint density at radius 3 is 2.41 bits per heavy atom. The van der Waals surface area contributed by atoms with E-state index in [0.717, 1.165) is 31.2 Å². The van der Waals surface area contributed by atoms with Crippen LogP contribution in [0, 0.1) is 0 Å². The molecule has 3 rings (SSSR count). The summed E-state index contributed by atoms with van der Waals surface area (Å²) in [5.41, 5.74) is 1.28. The molecule has 0 saturated heterocycles. The molecule has 0 atom stereocenters. The van der Waals surface area contributed by atoms with Crippen LogP contribution in [0.5, 0.6) is 0 Å². The zero-order chi connectivity index (χ0) is 19.3. The summed E-state index contributed by atoms with van der Waals surface area (Å²) < 4.78 is 22.5. The molecule has 0 radical (unpaired) electrons. The van der Waals surface area contributed by atoms with Crippen molar-refractivity contribution in [1.82, 2.24) is 15.3 Å². The third-order valence-electron chi connectivity index (χ3n) is 4.55. The molecule has 1 aromatic heterocycles. The number of primary sulfonamides is 1. The minimum atomic E-state index is -3.67. The van der Waals surface area contributed by atoms with Gasteiger partial charge in [-0.3, -0.25) is 4.79 Å². The molecule has 2 aromatic rings. The van der Waals surface area contributed by atoms with Crippen molar-refractivity contribution in [3.63, 3.8) is 0 Å². The van der Waals surface area contributed by atoms with Crippen molar-refractivity contribution in [2.75, 3.05) is 11.9 Å². The van der Waals surface area contributed by atoms with Gasteiger partial charge in [0.25, 0.3) is 5.91 Å². The Bertz CT molecular complexity index is 876. The number of benzene rings is 1. The molecule has 1 heterocycles. The van der Waals surface area contributed by atoms with E-state index in [0.29, 0.717) is 24.5 Å². The normalized spacial score (nSPS) is 14.9. The summed E-state index contributed by atoms with van der Waals surface area (Å²) in [6.45, 7) is 0.594. The second-order valence-corrected chi connectivity index (χ2v) is 8.17. The molecular formula is C18H23N5O3S. The Labute approximate surface area is 158 Å². The molecule has 0 unspecified atom stereocenters. The standard InChI is InChI=1S/C18H23N5O3S/c19-27(25,26)15-7-5-13(6-8-15)9-10-20-17-12-21-16(11-22-17)18(24)23-14-3-1-2-4-14/h5-8,11-12,14H,1-4,9-10H2,(H,20,22)(H,23,24)(H2,19,25,26). The van der Waals surface area contributed by atoms with Gasteiger partial charge >= 0.3 is 0 Å². The number of anilines is 1. The fraction of sp³-hybridized carbons (Fsp3) is 0.389. The van der Waals surface area contributed by atoms with E-state index in [9.17, 15) is 13.2 Å². The summed E-state index contributed by atoms with van der Waals surface area (Å²) in [5.74, 6) is 0.393. The lowest BCUT2D eigenvalue weighted by Crippen LogP contribution is -2.33. The first-order valence-corrected chi connectivity index (χ1v) is 10.4. The number of nitrogens with one attached hydrogen (secondary N) is 2. The second kappa shape index (κ2) is 8.45. The van der Waals surface area contributed by atoms with E-state index in [1.165, 1.54) is 24.5 Å². The van der Waals surface area contributed by atoms with Crippen LogP contribution in [0.2, 0.25) is 0 Å². The molecular weight excluding hydrogens is 366 g/mol. The number of hydrogen-bond acceptors (Lipinski definition) is 6. The van der Waals surface area contributed by atoms with Gasteiger partial charge in [0, 0.05) is 12.6 Å². The second-order valence-electron chi connectivity index (χ2n) is 6.61. The maximum absolute atomic E-state index is 12.1. The molecule has 1 fully saturated rings. The summed E-state index contributed by atoms with van der Waals surface area (Å²) in [4.78, 5) is 20.6. The number of rotatable bonds is 7. The van der Waals surface area contributed by atoms with Gasteiger partial charge in [-0.25, -0.2) is 23.5 Å². The number of hydrogen-bond donors (Lipinski definition) is 3. The molecule has 0 bridgehead atoms. The monoisotopic (exact) mass is 389 g/mol. The Morgan fingerprint density at radius 1 is 1.11 bits per heavy atom. The van der Waals surface area contributed by atoms with Crippen molar-refractivity contribution in [2.45, 2.75) is 43.0 Å². The number of carbonyl (C=O) groups is 1. The van der Waals surface area contributed by atoms with Gasteiger partial charge in [-0.15, -0.1) is 0 Å². The van der Waals surface area contributed by atoms with E-state index in [4.69, 9.17) is 5.14 Å².